The van der Waals surface area contributed by atoms with E-state index in [1.807, 2.05) is 60.7 Å². The second kappa shape index (κ2) is 24.8. The topological polar surface area (TPSA) is 221 Å². The summed E-state index contributed by atoms with van der Waals surface area (Å²) in [6.07, 6.45) is 8.42. The molecule has 2 spiro atoms. The molecule has 0 radical (unpaired) electrons. The number of carboxylic acids is 1. The van der Waals surface area contributed by atoms with Gasteiger partial charge in [-0.25, -0.2) is 18.3 Å². The first-order valence-corrected chi connectivity index (χ1v) is 28.8. The van der Waals surface area contributed by atoms with Gasteiger partial charge in [0.1, 0.15) is 23.1 Å². The monoisotopic (exact) mass is 1200 g/mol. The molecule has 2 aliphatic carbocycles. The minimum atomic E-state index is -3.93. The maximum atomic E-state index is 14.0. The number of hydrogen-bond acceptors (Lipinski definition) is 10. The molecule has 6 aromatic carbocycles. The van der Waals surface area contributed by atoms with Gasteiger partial charge in [-0.2, -0.15) is 12.7 Å². The molecular weight excluding hydrogens is 1150 g/mol. The molecule has 436 valence electrons. The predicted octanol–water partition coefficient (Wildman–Crippen LogP) is 11.1. The molecule has 0 aromatic heterocycles. The molecule has 4 N–H and O–H groups in total. The Bertz CT molecular complexity index is 3840. The lowest BCUT2D eigenvalue weighted by Gasteiger charge is -2.26. The molecule has 0 unspecified atom stereocenters. The molecule has 2 atom stereocenters. The highest BCUT2D eigenvalue weighted by Crippen LogP contribution is 2.48. The third-order valence-electron chi connectivity index (χ3n) is 15.6. The molecule has 2 aliphatic heterocycles. The fourth-order valence-corrected chi connectivity index (χ4v) is 12.0. The number of ether oxygens (including phenoxy) is 2. The molecule has 4 aliphatic rings. The number of benzene rings is 6. The Morgan fingerprint density at radius 3 is 1.43 bits per heavy atom. The average Bonchev–Trinajstić information content (AvgIpc) is 4.03. The van der Waals surface area contributed by atoms with Gasteiger partial charge >= 0.3 is 16.2 Å². The summed E-state index contributed by atoms with van der Waals surface area (Å²) in [6, 6.07) is 31.6. The second-order valence-corrected chi connectivity index (χ2v) is 23.8. The van der Waals surface area contributed by atoms with E-state index in [9.17, 15) is 51.1 Å². The van der Waals surface area contributed by atoms with Gasteiger partial charge in [-0.1, -0.05) is 71.8 Å². The lowest BCUT2D eigenvalue weighted by Crippen LogP contribution is -2.40. The summed E-state index contributed by atoms with van der Waals surface area (Å²) in [6.45, 7) is 0.758. The van der Waals surface area contributed by atoms with E-state index in [0.717, 1.165) is 57.5 Å². The van der Waals surface area contributed by atoms with Crippen molar-refractivity contribution in [1.82, 2.24) is 9.03 Å². The van der Waals surface area contributed by atoms with Crippen LogP contribution in [0.1, 0.15) is 91.1 Å². The number of nitrogens with one attached hydrogen (secondary N) is 3. The number of para-hydroxylation sites is 2. The van der Waals surface area contributed by atoms with Crippen LogP contribution in [-0.2, 0) is 32.6 Å². The summed E-state index contributed by atoms with van der Waals surface area (Å²) in [7, 11) is 1.58. The summed E-state index contributed by atoms with van der Waals surface area (Å²) in [5.74, 6) is -4.05. The number of fused-ring (bicyclic) bond motifs is 2. The van der Waals surface area contributed by atoms with Gasteiger partial charge in [0.25, 0.3) is 29.5 Å². The Morgan fingerprint density at radius 1 is 0.583 bits per heavy atom. The van der Waals surface area contributed by atoms with E-state index in [1.165, 1.54) is 52.6 Å². The molecule has 84 heavy (non-hydrogen) atoms. The summed E-state index contributed by atoms with van der Waals surface area (Å²) in [5, 5.41) is 15.0. The fraction of sp³-hybridized carbons (Fsp3) is 0.258. The summed E-state index contributed by atoms with van der Waals surface area (Å²) >= 11 is 12.2. The number of halogens is 4. The van der Waals surface area contributed by atoms with Crippen molar-refractivity contribution < 1.29 is 60.5 Å². The first-order valence-electron chi connectivity index (χ1n) is 26.6. The highest BCUT2D eigenvalue weighted by Gasteiger charge is 2.41. The zero-order valence-electron chi connectivity index (χ0n) is 46.1. The van der Waals surface area contributed by atoms with Crippen molar-refractivity contribution in [3.63, 3.8) is 0 Å². The van der Waals surface area contributed by atoms with Crippen LogP contribution in [0.5, 0.6) is 11.5 Å². The van der Waals surface area contributed by atoms with Crippen LogP contribution in [0.4, 0.5) is 31.5 Å². The third kappa shape index (κ3) is 13.0. The molecule has 6 aromatic rings. The lowest BCUT2D eigenvalue weighted by atomic mass is 9.79. The van der Waals surface area contributed by atoms with Crippen LogP contribution in [0.2, 0.25) is 10.0 Å². The van der Waals surface area contributed by atoms with Gasteiger partial charge in [0, 0.05) is 60.8 Å². The van der Waals surface area contributed by atoms with E-state index in [1.54, 1.807) is 34.1 Å². The lowest BCUT2D eigenvalue weighted by molar-refractivity contribution is -0.132. The van der Waals surface area contributed by atoms with Crippen LogP contribution in [-0.4, -0.2) is 94.7 Å². The molecule has 2 heterocycles. The van der Waals surface area contributed by atoms with Crippen LogP contribution in [0.3, 0.4) is 0 Å². The maximum Gasteiger partial charge on any atom is 0.331 e. The van der Waals surface area contributed by atoms with E-state index in [0.29, 0.717) is 86.0 Å². The van der Waals surface area contributed by atoms with Crippen LogP contribution in [0.15, 0.2) is 145 Å². The average molecular weight is 1200 g/mol. The molecule has 0 saturated heterocycles. The Morgan fingerprint density at radius 2 is 1.01 bits per heavy atom. The third-order valence-corrected chi connectivity index (χ3v) is 17.6. The van der Waals surface area contributed by atoms with Crippen molar-refractivity contribution >= 4 is 91.7 Å². The number of amides is 5. The van der Waals surface area contributed by atoms with Crippen molar-refractivity contribution in [1.29, 1.82) is 0 Å². The van der Waals surface area contributed by atoms with E-state index >= 15 is 0 Å². The van der Waals surface area contributed by atoms with Crippen molar-refractivity contribution in [2.75, 3.05) is 61.8 Å². The molecule has 17 nitrogen and oxygen atoms in total. The van der Waals surface area contributed by atoms with E-state index in [4.69, 9.17) is 32.7 Å². The highest BCUT2D eigenvalue weighted by molar-refractivity contribution is 7.87. The zero-order chi connectivity index (χ0) is 60.3. The van der Waals surface area contributed by atoms with Crippen molar-refractivity contribution in [3.8, 4) is 11.5 Å². The smallest absolute Gasteiger partial charge is 0.331 e. The minimum Gasteiger partial charge on any atom is -0.495 e. The normalized spacial score (nSPS) is 18.0. The number of carbonyl (C=O) groups is 6. The first-order chi connectivity index (χ1) is 40.0. The standard InChI is InChI=1S/C32H32ClFN4O6S.C30H26ClFN2O5/c1-37(2)45(42,43)36-29(39)22-12-13-32(19-22)14-15-38(27-7-5-4-6-21(27)18-32)31(41)20-8-11-26(28(16-20)44-3)35-30(40)24-17-23(34)9-10-25(24)33;1-39-26-14-18(6-9-24(26)33-27(35)22-15-21(32)7-8-23(22)31)28(36)34-13-12-30(11-10-20(17-30)29(37)38)16-19-4-2-3-5-25(19)34/h4-11,16-17,19H,12-15,18H2,1-3H3,(H,35,40)(H,36,39);2-9,14-15,17H,10-13,16H2,1H3,(H,33,35)(H,37,38)/t32-;30-/m00/s1. The molecular formula is C62H58Cl2F2N6O11S. The molecule has 10 rings (SSSR count). The molecule has 5 amide bonds. The largest absolute Gasteiger partial charge is 0.495 e. The number of carboxylic acid groups (broad SMARTS) is 1. The Labute approximate surface area is 494 Å². The zero-order valence-corrected chi connectivity index (χ0v) is 48.4. The highest BCUT2D eigenvalue weighted by atomic mass is 35.5. The predicted molar refractivity (Wildman–Crippen MR) is 315 cm³/mol. The second-order valence-electron chi connectivity index (χ2n) is 21.1. The molecule has 22 heteroatoms. The number of carbonyl (C=O) groups excluding carboxylic acids is 5. The van der Waals surface area contributed by atoms with Crippen molar-refractivity contribution in [2.45, 2.75) is 51.4 Å². The fourth-order valence-electron chi connectivity index (χ4n) is 11.1. The minimum absolute atomic E-state index is 0.0269. The summed E-state index contributed by atoms with van der Waals surface area (Å²) in [5.41, 5.74) is 4.66. The van der Waals surface area contributed by atoms with Crippen LogP contribution in [0.25, 0.3) is 0 Å². The quantitative estimate of drug-likeness (QED) is 0.0902. The number of nitrogens with zero attached hydrogens (tertiary/aromatic N) is 3. The molecule has 0 fully saturated rings. The Balaban J connectivity index is 0.000000204. The van der Waals surface area contributed by atoms with Crippen molar-refractivity contribution in [2.24, 2.45) is 10.8 Å². The van der Waals surface area contributed by atoms with Gasteiger partial charge in [0.05, 0.1) is 46.8 Å². The van der Waals surface area contributed by atoms with Gasteiger partial charge in [-0.3, -0.25) is 24.0 Å². The van der Waals surface area contributed by atoms with Crippen LogP contribution >= 0.6 is 23.2 Å². The number of rotatable bonds is 12. The number of aliphatic carboxylic acids is 1. The van der Waals surface area contributed by atoms with Crippen LogP contribution in [0, 0.1) is 22.5 Å². The van der Waals surface area contributed by atoms with E-state index < -0.39 is 50.9 Å². The van der Waals surface area contributed by atoms with Gasteiger partial charge in [0.2, 0.25) is 0 Å². The van der Waals surface area contributed by atoms with Gasteiger partial charge in [-0.15, -0.1) is 0 Å². The van der Waals surface area contributed by atoms with Gasteiger partial charge < -0.3 is 35.0 Å². The van der Waals surface area contributed by atoms with E-state index in [-0.39, 0.29) is 55.6 Å². The molecule has 0 bridgehead atoms. The van der Waals surface area contributed by atoms with Gasteiger partial charge in [-0.05, 0) is 158 Å². The SMILES string of the molecule is COc1cc(C(=O)N2CC[C@]3(C=C(C(=O)NS(=O)(=O)N(C)C)CC3)Cc3ccccc32)ccc1NC(=O)c1cc(F)ccc1Cl.COc1cc(C(=O)N2CC[C@]3(C=C(C(=O)O)CC3)Cc3ccccc32)ccc1NC(=O)c1cc(F)ccc1Cl. The van der Waals surface area contributed by atoms with Gasteiger partial charge in [0.15, 0.2) is 0 Å². The number of anilines is 4. The summed E-state index contributed by atoms with van der Waals surface area (Å²) < 4.78 is 65.8. The number of hydrogen-bond donors (Lipinski definition) is 4. The van der Waals surface area contributed by atoms with E-state index in [2.05, 4.69) is 15.4 Å². The summed E-state index contributed by atoms with van der Waals surface area (Å²) in [4.78, 5) is 81.2. The van der Waals surface area contributed by atoms with Crippen molar-refractivity contribution in [3.05, 3.63) is 200 Å². The first kappa shape index (κ1) is 60.2. The Kier molecular flexibility index (Phi) is 17.8. The number of allylic oxidation sites excluding steroid dienone is 2. The number of methoxy groups -OCH3 is 2. The maximum absolute atomic E-state index is 14.0. The Hall–Kier alpha value is -8.43. The molecule has 0 saturated carbocycles. The van der Waals surface area contributed by atoms with Crippen LogP contribution < -0.4 is 34.6 Å².